The Labute approximate surface area is 150 Å². The van der Waals surface area contributed by atoms with E-state index >= 15 is 0 Å². The van der Waals surface area contributed by atoms with Crippen LogP contribution in [-0.4, -0.2) is 20.4 Å². The summed E-state index contributed by atoms with van der Waals surface area (Å²) in [4.78, 5) is 12.6. The van der Waals surface area contributed by atoms with Crippen molar-refractivity contribution in [2.24, 2.45) is 17.3 Å². The van der Waals surface area contributed by atoms with E-state index in [0.29, 0.717) is 15.9 Å². The standard InChI is InChI=1S/C17H24BrN3OS/c1-2-3-14-20-21-15(23-14)19-13(22)9-16-5-11-4-12(6-16)8-17(18,7-11)10-16/h11-12H,2-10H2,1H3,(H,19,21,22). The van der Waals surface area contributed by atoms with E-state index in [0.717, 1.165) is 36.1 Å². The van der Waals surface area contributed by atoms with Crippen molar-refractivity contribution in [3.63, 3.8) is 0 Å². The van der Waals surface area contributed by atoms with Gasteiger partial charge in [0.05, 0.1) is 0 Å². The fourth-order valence-electron chi connectivity index (χ4n) is 5.67. The van der Waals surface area contributed by atoms with Crippen LogP contribution in [0.15, 0.2) is 0 Å². The van der Waals surface area contributed by atoms with Crippen LogP contribution in [0.1, 0.15) is 63.3 Å². The van der Waals surface area contributed by atoms with Gasteiger partial charge in [0.25, 0.3) is 0 Å². The number of nitrogens with zero attached hydrogens (tertiary/aromatic N) is 2. The Morgan fingerprint density at radius 2 is 2.04 bits per heavy atom. The van der Waals surface area contributed by atoms with Gasteiger partial charge in [-0.3, -0.25) is 4.79 Å². The van der Waals surface area contributed by atoms with Gasteiger partial charge in [-0.05, 0) is 62.2 Å². The largest absolute Gasteiger partial charge is 0.301 e. The van der Waals surface area contributed by atoms with Crippen molar-refractivity contribution in [1.29, 1.82) is 0 Å². The highest BCUT2D eigenvalue weighted by atomic mass is 79.9. The van der Waals surface area contributed by atoms with Gasteiger partial charge in [0.2, 0.25) is 11.0 Å². The first-order chi connectivity index (χ1) is 11.0. The van der Waals surface area contributed by atoms with Crippen LogP contribution >= 0.6 is 27.3 Å². The Morgan fingerprint density at radius 1 is 1.30 bits per heavy atom. The maximum Gasteiger partial charge on any atom is 0.226 e. The third-order valence-corrected chi connectivity index (χ3v) is 7.65. The molecule has 126 valence electrons. The Hall–Kier alpha value is -0.490. The van der Waals surface area contributed by atoms with Crippen LogP contribution in [0, 0.1) is 17.3 Å². The maximum absolute atomic E-state index is 12.6. The lowest BCUT2D eigenvalue weighted by atomic mass is 9.48. The van der Waals surface area contributed by atoms with Crippen molar-refractivity contribution in [3.05, 3.63) is 5.01 Å². The second-order valence-corrected chi connectivity index (χ2v) is 10.8. The summed E-state index contributed by atoms with van der Waals surface area (Å²) in [6.07, 6.45) is 10.3. The first kappa shape index (κ1) is 16.0. The molecule has 1 heterocycles. The fraction of sp³-hybridized carbons (Fsp3) is 0.824. The van der Waals surface area contributed by atoms with Gasteiger partial charge >= 0.3 is 0 Å². The van der Waals surface area contributed by atoms with Crippen LogP contribution in [0.25, 0.3) is 0 Å². The van der Waals surface area contributed by atoms with E-state index in [2.05, 4.69) is 38.4 Å². The zero-order chi connectivity index (χ0) is 16.1. The number of aromatic nitrogens is 2. The lowest BCUT2D eigenvalue weighted by Crippen LogP contribution is -2.53. The van der Waals surface area contributed by atoms with Gasteiger partial charge in [0.1, 0.15) is 5.01 Å². The molecule has 2 unspecified atom stereocenters. The molecule has 1 N–H and O–H groups in total. The van der Waals surface area contributed by atoms with Crippen LogP contribution in [0.5, 0.6) is 0 Å². The quantitative estimate of drug-likeness (QED) is 0.741. The summed E-state index contributed by atoms with van der Waals surface area (Å²) < 4.78 is 0.314. The van der Waals surface area contributed by atoms with Crippen LogP contribution in [0.4, 0.5) is 5.13 Å². The lowest BCUT2D eigenvalue weighted by Gasteiger charge is -2.60. The summed E-state index contributed by atoms with van der Waals surface area (Å²) in [5.41, 5.74) is 0.217. The molecule has 1 aromatic rings. The highest BCUT2D eigenvalue weighted by Crippen LogP contribution is 2.65. The smallest absolute Gasteiger partial charge is 0.226 e. The molecule has 5 rings (SSSR count). The third-order valence-electron chi connectivity index (χ3n) is 5.82. The number of aryl methyl sites for hydroxylation is 1. The number of hydrogen-bond acceptors (Lipinski definition) is 4. The molecule has 1 amide bonds. The van der Waals surface area contributed by atoms with Crippen LogP contribution in [0.3, 0.4) is 0 Å². The normalized spacial score (nSPS) is 38.0. The Kier molecular flexibility index (Phi) is 4.03. The van der Waals surface area contributed by atoms with Crippen molar-refractivity contribution in [2.45, 2.75) is 69.0 Å². The molecule has 0 saturated heterocycles. The fourth-order valence-corrected chi connectivity index (χ4v) is 8.03. The van der Waals surface area contributed by atoms with Crippen LogP contribution < -0.4 is 5.32 Å². The van der Waals surface area contributed by atoms with E-state index < -0.39 is 0 Å². The van der Waals surface area contributed by atoms with Crippen LogP contribution in [-0.2, 0) is 11.2 Å². The number of alkyl halides is 1. The number of carbonyl (C=O) groups is 1. The first-order valence-corrected chi connectivity index (χ1v) is 10.4. The van der Waals surface area contributed by atoms with Crippen molar-refractivity contribution in [1.82, 2.24) is 10.2 Å². The molecule has 0 radical (unpaired) electrons. The molecule has 1 aromatic heterocycles. The Morgan fingerprint density at radius 3 is 2.70 bits per heavy atom. The first-order valence-electron chi connectivity index (χ1n) is 8.79. The summed E-state index contributed by atoms with van der Waals surface area (Å²) in [5.74, 6) is 1.77. The molecule has 2 atom stereocenters. The van der Waals surface area contributed by atoms with Crippen molar-refractivity contribution in [3.8, 4) is 0 Å². The van der Waals surface area contributed by atoms with Crippen molar-refractivity contribution in [2.75, 3.05) is 5.32 Å². The molecule has 4 saturated carbocycles. The molecule has 4 nitrogen and oxygen atoms in total. The van der Waals surface area contributed by atoms with Crippen LogP contribution in [0.2, 0.25) is 0 Å². The van der Waals surface area contributed by atoms with E-state index in [9.17, 15) is 4.79 Å². The molecule has 4 aliphatic carbocycles. The third kappa shape index (κ3) is 3.21. The summed E-state index contributed by atoms with van der Waals surface area (Å²) in [6, 6.07) is 0. The topological polar surface area (TPSA) is 54.9 Å². The minimum atomic E-state index is 0.127. The highest BCUT2D eigenvalue weighted by Gasteiger charge is 2.57. The molecule has 0 aliphatic heterocycles. The van der Waals surface area contributed by atoms with Gasteiger partial charge < -0.3 is 5.32 Å². The number of amides is 1. The Balaban J connectivity index is 1.42. The van der Waals surface area contributed by atoms with E-state index in [-0.39, 0.29) is 11.3 Å². The Bertz CT molecular complexity index is 603. The molecule has 6 heteroatoms. The van der Waals surface area contributed by atoms with Gasteiger partial charge in [-0.25, -0.2) is 0 Å². The average Bonchev–Trinajstić information content (AvgIpc) is 2.82. The number of hydrogen-bond donors (Lipinski definition) is 1. The second kappa shape index (κ2) is 5.80. The van der Waals surface area contributed by atoms with E-state index in [1.807, 2.05) is 0 Å². The van der Waals surface area contributed by atoms with E-state index in [1.54, 1.807) is 0 Å². The van der Waals surface area contributed by atoms with Crippen molar-refractivity contribution >= 4 is 38.3 Å². The number of halogens is 1. The molecule has 23 heavy (non-hydrogen) atoms. The molecule has 4 bridgehead atoms. The summed E-state index contributed by atoms with van der Waals surface area (Å²) in [6.45, 7) is 2.13. The number of carbonyl (C=O) groups excluding carboxylic acids is 1. The van der Waals surface area contributed by atoms with Gasteiger partial charge in [0, 0.05) is 17.2 Å². The summed E-state index contributed by atoms with van der Waals surface area (Å²) in [5, 5.41) is 12.9. The number of anilines is 1. The summed E-state index contributed by atoms with van der Waals surface area (Å²) in [7, 11) is 0. The predicted molar refractivity (Wildman–Crippen MR) is 95.9 cm³/mol. The minimum Gasteiger partial charge on any atom is -0.301 e. The molecule has 4 fully saturated rings. The molecule has 4 aliphatic rings. The van der Waals surface area contributed by atoms with Crippen molar-refractivity contribution < 1.29 is 4.79 Å². The van der Waals surface area contributed by atoms with Gasteiger partial charge in [-0.2, -0.15) is 0 Å². The van der Waals surface area contributed by atoms with Gasteiger partial charge in [-0.15, -0.1) is 10.2 Å². The summed E-state index contributed by atoms with van der Waals surface area (Å²) >= 11 is 5.53. The average molecular weight is 398 g/mol. The molecular formula is C17H24BrN3OS. The zero-order valence-electron chi connectivity index (χ0n) is 13.6. The van der Waals surface area contributed by atoms with E-state index in [1.165, 1.54) is 43.4 Å². The highest BCUT2D eigenvalue weighted by molar-refractivity contribution is 9.10. The molecule has 0 spiro atoms. The molecular weight excluding hydrogens is 374 g/mol. The molecule has 0 aromatic carbocycles. The van der Waals surface area contributed by atoms with E-state index in [4.69, 9.17) is 0 Å². The minimum absolute atomic E-state index is 0.127. The number of nitrogens with one attached hydrogen (secondary N) is 1. The zero-order valence-corrected chi connectivity index (χ0v) is 16.0. The van der Waals surface area contributed by atoms with Gasteiger partial charge in [-0.1, -0.05) is 34.2 Å². The second-order valence-electron chi connectivity index (χ2n) is 8.09. The lowest BCUT2D eigenvalue weighted by molar-refractivity contribution is -0.123. The van der Waals surface area contributed by atoms with Gasteiger partial charge in [0.15, 0.2) is 0 Å². The maximum atomic E-state index is 12.6. The SMILES string of the molecule is CCCc1nnc(NC(=O)CC23CC4CC(CC(Br)(C4)C2)C3)s1. The number of rotatable bonds is 5. The monoisotopic (exact) mass is 397 g/mol. The predicted octanol–water partition coefficient (Wildman–Crippen LogP) is 4.55.